The summed E-state index contributed by atoms with van der Waals surface area (Å²) < 4.78 is 1.68. The lowest BCUT2D eigenvalue weighted by Crippen LogP contribution is -2.25. The Morgan fingerprint density at radius 2 is 2.14 bits per heavy atom. The number of hydrogen-bond donors (Lipinski definition) is 1. The number of carbonyl (C=O) groups excluding carboxylic acids is 1. The van der Waals surface area contributed by atoms with Gasteiger partial charge in [0.2, 0.25) is 5.91 Å². The predicted molar refractivity (Wildman–Crippen MR) is 85.7 cm³/mol. The van der Waals surface area contributed by atoms with E-state index in [-0.39, 0.29) is 17.2 Å². The fourth-order valence-electron chi connectivity index (χ4n) is 1.97. The first-order chi connectivity index (χ1) is 10.2. The third-order valence-corrected chi connectivity index (χ3v) is 4.15. The van der Waals surface area contributed by atoms with Gasteiger partial charge in [0.25, 0.3) is 5.56 Å². The molecule has 1 N–H and O–H groups in total. The third-order valence-electron chi connectivity index (χ3n) is 3.17. The smallest absolute Gasteiger partial charge is 0.262 e. The van der Waals surface area contributed by atoms with E-state index in [1.807, 2.05) is 18.2 Å². The van der Waals surface area contributed by atoms with Crippen LogP contribution in [0.1, 0.15) is 19.8 Å². The van der Waals surface area contributed by atoms with Crippen LogP contribution in [0.2, 0.25) is 0 Å². The van der Waals surface area contributed by atoms with Gasteiger partial charge in [0.05, 0.1) is 16.7 Å². The summed E-state index contributed by atoms with van der Waals surface area (Å²) >= 11 is 1.30. The summed E-state index contributed by atoms with van der Waals surface area (Å²) in [6.07, 6.45) is 1.91. The maximum atomic E-state index is 12.6. The van der Waals surface area contributed by atoms with Gasteiger partial charge in [0.1, 0.15) is 0 Å². The average molecular weight is 305 g/mol. The summed E-state index contributed by atoms with van der Waals surface area (Å²) in [5.74, 6) is 0.178. The zero-order valence-electron chi connectivity index (χ0n) is 12.3. The van der Waals surface area contributed by atoms with E-state index in [2.05, 4.69) is 17.2 Å². The second kappa shape index (κ2) is 7.26. The van der Waals surface area contributed by atoms with Crippen molar-refractivity contribution in [1.82, 2.24) is 14.9 Å². The summed E-state index contributed by atoms with van der Waals surface area (Å²) in [4.78, 5) is 28.5. The topological polar surface area (TPSA) is 64.0 Å². The molecule has 0 unspecified atom stereocenters. The highest BCUT2D eigenvalue weighted by atomic mass is 32.2. The lowest BCUT2D eigenvalue weighted by atomic mass is 10.2. The number of carbonyl (C=O) groups is 1. The molecule has 0 atom stereocenters. The van der Waals surface area contributed by atoms with E-state index in [1.54, 1.807) is 17.7 Å². The van der Waals surface area contributed by atoms with Crippen molar-refractivity contribution in [1.29, 1.82) is 0 Å². The molecule has 1 aromatic carbocycles. The Morgan fingerprint density at radius 3 is 2.86 bits per heavy atom. The Balaban J connectivity index is 2.44. The number of amides is 1. The summed E-state index contributed by atoms with van der Waals surface area (Å²) in [7, 11) is 1.60. The van der Waals surface area contributed by atoms with Crippen molar-refractivity contribution < 1.29 is 4.79 Å². The Bertz CT molecular complexity index is 697. The van der Waals surface area contributed by atoms with E-state index in [4.69, 9.17) is 0 Å². The largest absolute Gasteiger partial charge is 0.358 e. The van der Waals surface area contributed by atoms with Crippen LogP contribution in [0.3, 0.4) is 0 Å². The van der Waals surface area contributed by atoms with Crippen LogP contribution in [0.15, 0.2) is 34.2 Å². The molecule has 0 bridgehead atoms. The van der Waals surface area contributed by atoms with E-state index in [0.717, 1.165) is 12.8 Å². The highest BCUT2D eigenvalue weighted by molar-refractivity contribution is 7.99. The van der Waals surface area contributed by atoms with Crippen molar-refractivity contribution in [2.45, 2.75) is 31.5 Å². The quantitative estimate of drug-likeness (QED) is 0.655. The van der Waals surface area contributed by atoms with Crippen LogP contribution in [-0.2, 0) is 11.3 Å². The minimum atomic E-state index is -0.0792. The molecular formula is C15H19N3O2S. The maximum absolute atomic E-state index is 12.6. The molecule has 0 saturated heterocycles. The molecule has 0 spiro atoms. The summed E-state index contributed by atoms with van der Waals surface area (Å²) in [5, 5.41) is 3.80. The molecule has 0 aliphatic heterocycles. The molecule has 1 heterocycles. The van der Waals surface area contributed by atoms with Crippen molar-refractivity contribution in [3.63, 3.8) is 0 Å². The molecule has 2 rings (SSSR count). The zero-order valence-corrected chi connectivity index (χ0v) is 13.1. The maximum Gasteiger partial charge on any atom is 0.262 e. The molecule has 0 aliphatic carbocycles. The number of unbranched alkanes of at least 4 members (excludes halogenated alkanes) is 1. The second-order valence-electron chi connectivity index (χ2n) is 4.68. The first-order valence-electron chi connectivity index (χ1n) is 7.00. The van der Waals surface area contributed by atoms with Gasteiger partial charge in [-0.3, -0.25) is 14.2 Å². The molecule has 6 heteroatoms. The van der Waals surface area contributed by atoms with Crippen molar-refractivity contribution in [3.05, 3.63) is 34.6 Å². The van der Waals surface area contributed by atoms with Crippen LogP contribution < -0.4 is 10.9 Å². The Labute approximate surface area is 127 Å². The molecule has 21 heavy (non-hydrogen) atoms. The summed E-state index contributed by atoms with van der Waals surface area (Å²) in [6, 6.07) is 7.32. The first kappa shape index (κ1) is 15.6. The standard InChI is InChI=1S/C15H19N3O2S/c1-3-4-9-18-14(20)11-7-5-6-8-12(11)17-15(18)21-10-13(19)16-2/h5-8H,3-4,9-10H2,1-2H3,(H,16,19). The van der Waals surface area contributed by atoms with Crippen LogP contribution in [0.4, 0.5) is 0 Å². The highest BCUT2D eigenvalue weighted by Crippen LogP contribution is 2.18. The van der Waals surface area contributed by atoms with Crippen LogP contribution in [-0.4, -0.2) is 28.3 Å². The van der Waals surface area contributed by atoms with Gasteiger partial charge < -0.3 is 5.32 Å². The van der Waals surface area contributed by atoms with Crippen LogP contribution >= 0.6 is 11.8 Å². The number of rotatable bonds is 6. The molecule has 0 aliphatic rings. The number of benzene rings is 1. The lowest BCUT2D eigenvalue weighted by molar-refractivity contribution is -0.118. The third kappa shape index (κ3) is 3.64. The van der Waals surface area contributed by atoms with Gasteiger partial charge in [-0.15, -0.1) is 0 Å². The number of nitrogens with one attached hydrogen (secondary N) is 1. The van der Waals surface area contributed by atoms with E-state index >= 15 is 0 Å². The number of aromatic nitrogens is 2. The monoisotopic (exact) mass is 305 g/mol. The molecule has 0 fully saturated rings. The summed E-state index contributed by atoms with van der Waals surface area (Å²) in [5.41, 5.74) is 0.642. The van der Waals surface area contributed by atoms with E-state index < -0.39 is 0 Å². The van der Waals surface area contributed by atoms with E-state index in [1.165, 1.54) is 11.8 Å². The van der Waals surface area contributed by atoms with Crippen molar-refractivity contribution in [2.24, 2.45) is 0 Å². The van der Waals surface area contributed by atoms with Crippen LogP contribution in [0.5, 0.6) is 0 Å². The SMILES string of the molecule is CCCCn1c(SCC(=O)NC)nc2ccccc2c1=O. The predicted octanol–water partition coefficient (Wildman–Crippen LogP) is 2.03. The number of thioether (sulfide) groups is 1. The van der Waals surface area contributed by atoms with Gasteiger partial charge in [-0.1, -0.05) is 37.2 Å². The summed E-state index contributed by atoms with van der Waals surface area (Å²) in [6.45, 7) is 2.71. The van der Waals surface area contributed by atoms with Gasteiger partial charge in [-0.2, -0.15) is 0 Å². The Morgan fingerprint density at radius 1 is 1.38 bits per heavy atom. The number of fused-ring (bicyclic) bond motifs is 1. The van der Waals surface area contributed by atoms with E-state index in [9.17, 15) is 9.59 Å². The fraction of sp³-hybridized carbons (Fsp3) is 0.400. The van der Waals surface area contributed by atoms with Crippen molar-refractivity contribution in [3.8, 4) is 0 Å². The minimum Gasteiger partial charge on any atom is -0.358 e. The normalized spacial score (nSPS) is 10.8. The minimum absolute atomic E-state index is 0.0338. The second-order valence-corrected chi connectivity index (χ2v) is 5.63. The number of para-hydroxylation sites is 1. The molecule has 1 amide bonds. The van der Waals surface area contributed by atoms with Crippen molar-refractivity contribution >= 4 is 28.6 Å². The molecule has 0 radical (unpaired) electrons. The average Bonchev–Trinajstić information content (AvgIpc) is 2.52. The highest BCUT2D eigenvalue weighted by Gasteiger charge is 2.12. The number of nitrogens with zero attached hydrogens (tertiary/aromatic N) is 2. The number of hydrogen-bond acceptors (Lipinski definition) is 4. The molecule has 112 valence electrons. The van der Waals surface area contributed by atoms with Gasteiger partial charge in [-0.05, 0) is 18.6 Å². The van der Waals surface area contributed by atoms with Gasteiger partial charge in [0, 0.05) is 13.6 Å². The molecule has 0 saturated carbocycles. The fourth-order valence-corrected chi connectivity index (χ4v) is 2.87. The Kier molecular flexibility index (Phi) is 5.38. The van der Waals surface area contributed by atoms with Gasteiger partial charge >= 0.3 is 0 Å². The molecule has 1 aromatic heterocycles. The molecular weight excluding hydrogens is 286 g/mol. The zero-order chi connectivity index (χ0) is 15.2. The first-order valence-corrected chi connectivity index (χ1v) is 7.99. The molecule has 5 nitrogen and oxygen atoms in total. The van der Waals surface area contributed by atoms with Crippen LogP contribution in [0.25, 0.3) is 10.9 Å². The van der Waals surface area contributed by atoms with Crippen LogP contribution in [0, 0.1) is 0 Å². The van der Waals surface area contributed by atoms with Gasteiger partial charge in [-0.25, -0.2) is 4.98 Å². The lowest BCUT2D eigenvalue weighted by Gasteiger charge is -2.12. The van der Waals surface area contributed by atoms with E-state index in [0.29, 0.717) is 22.6 Å². The van der Waals surface area contributed by atoms with Crippen molar-refractivity contribution in [2.75, 3.05) is 12.8 Å². The van der Waals surface area contributed by atoms with Gasteiger partial charge in [0.15, 0.2) is 5.16 Å². The Hall–Kier alpha value is -1.82. The molecule has 2 aromatic rings.